The molecule has 0 bridgehead atoms. The molecule has 9 heteroatoms. The van der Waals surface area contributed by atoms with Crippen LogP contribution in [0.4, 0.5) is 0 Å². The van der Waals surface area contributed by atoms with E-state index < -0.39 is 0 Å². The summed E-state index contributed by atoms with van der Waals surface area (Å²) in [5.41, 5.74) is 0.848. The van der Waals surface area contributed by atoms with Gasteiger partial charge in [0.1, 0.15) is 0 Å². The van der Waals surface area contributed by atoms with Gasteiger partial charge >= 0.3 is 5.97 Å². The number of thioether (sulfide) groups is 1. The van der Waals surface area contributed by atoms with Gasteiger partial charge in [0.05, 0.1) is 24.5 Å². The average molecular weight is 361 g/mol. The summed E-state index contributed by atoms with van der Waals surface area (Å²) in [5, 5.41) is 12.2. The van der Waals surface area contributed by atoms with Crippen LogP contribution in [0.2, 0.25) is 0 Å². The molecule has 0 radical (unpaired) electrons. The fourth-order valence-corrected chi connectivity index (χ4v) is 3.54. The number of esters is 1. The molecule has 0 unspecified atom stereocenters. The first-order valence-electron chi connectivity index (χ1n) is 8.01. The van der Waals surface area contributed by atoms with Crippen molar-refractivity contribution in [3.05, 3.63) is 30.3 Å². The molecule has 25 heavy (non-hydrogen) atoms. The van der Waals surface area contributed by atoms with E-state index in [2.05, 4.69) is 15.5 Å². The number of para-hydroxylation sites is 1. The average Bonchev–Trinajstić information content (AvgIpc) is 3.15. The third-order valence-corrected chi connectivity index (χ3v) is 5.05. The van der Waals surface area contributed by atoms with Gasteiger partial charge in [-0.1, -0.05) is 30.0 Å². The Morgan fingerprint density at radius 1 is 1.24 bits per heavy atom. The van der Waals surface area contributed by atoms with Crippen LogP contribution in [0, 0.1) is 5.92 Å². The minimum absolute atomic E-state index is 0.0240. The zero-order chi connectivity index (χ0) is 17.6. The maximum Gasteiger partial charge on any atom is 0.308 e. The number of methoxy groups -OCH3 is 1. The van der Waals surface area contributed by atoms with Crippen molar-refractivity contribution >= 4 is 23.6 Å². The lowest BCUT2D eigenvalue weighted by atomic mass is 9.97. The normalized spacial score (nSPS) is 15.2. The first kappa shape index (κ1) is 17.4. The third-order valence-electron chi connectivity index (χ3n) is 4.15. The van der Waals surface area contributed by atoms with Crippen LogP contribution < -0.4 is 0 Å². The lowest BCUT2D eigenvalue weighted by Crippen LogP contribution is -2.41. The number of tetrazole rings is 1. The molecule has 1 fully saturated rings. The standard InChI is InChI=1S/C16H19N5O3S/c1-24-15(23)12-7-9-20(10-8-12)14(22)11-25-16-17-18-19-21(16)13-5-3-2-4-6-13/h2-6,12H,7-11H2,1H3. The summed E-state index contributed by atoms with van der Waals surface area (Å²) in [6.45, 7) is 1.14. The second-order valence-electron chi connectivity index (χ2n) is 5.68. The second kappa shape index (κ2) is 8.11. The first-order valence-corrected chi connectivity index (χ1v) is 9.00. The highest BCUT2D eigenvalue weighted by atomic mass is 32.2. The minimum atomic E-state index is -0.191. The number of piperidine rings is 1. The van der Waals surface area contributed by atoms with E-state index >= 15 is 0 Å². The molecule has 1 aromatic heterocycles. The number of carbonyl (C=O) groups is 2. The molecule has 1 saturated heterocycles. The van der Waals surface area contributed by atoms with Crippen molar-refractivity contribution in [2.45, 2.75) is 18.0 Å². The summed E-state index contributed by atoms with van der Waals surface area (Å²) < 4.78 is 6.38. The summed E-state index contributed by atoms with van der Waals surface area (Å²) in [4.78, 5) is 25.7. The summed E-state index contributed by atoms with van der Waals surface area (Å²) in [6, 6.07) is 9.53. The Morgan fingerprint density at radius 3 is 2.64 bits per heavy atom. The van der Waals surface area contributed by atoms with Crippen LogP contribution in [0.3, 0.4) is 0 Å². The summed E-state index contributed by atoms with van der Waals surface area (Å²) >= 11 is 1.31. The van der Waals surface area contributed by atoms with Crippen LogP contribution in [0.15, 0.2) is 35.5 Å². The van der Waals surface area contributed by atoms with E-state index in [1.165, 1.54) is 18.9 Å². The molecule has 3 rings (SSSR count). The van der Waals surface area contributed by atoms with Crippen molar-refractivity contribution in [3.63, 3.8) is 0 Å². The van der Waals surface area contributed by atoms with Crippen LogP contribution in [-0.4, -0.2) is 62.9 Å². The topological polar surface area (TPSA) is 90.2 Å². The smallest absolute Gasteiger partial charge is 0.308 e. The predicted molar refractivity (Wildman–Crippen MR) is 91.2 cm³/mol. The lowest BCUT2D eigenvalue weighted by Gasteiger charge is -2.30. The molecule has 0 saturated carbocycles. The SMILES string of the molecule is COC(=O)C1CCN(C(=O)CSc2nnnn2-c2ccccc2)CC1. The van der Waals surface area contributed by atoms with Crippen molar-refractivity contribution in [2.24, 2.45) is 5.92 Å². The maximum absolute atomic E-state index is 12.4. The first-order chi connectivity index (χ1) is 12.2. The van der Waals surface area contributed by atoms with Gasteiger partial charge in [-0.15, -0.1) is 5.10 Å². The van der Waals surface area contributed by atoms with Gasteiger partial charge < -0.3 is 9.64 Å². The molecule has 1 amide bonds. The number of aromatic nitrogens is 4. The Bertz CT molecular complexity index is 728. The van der Waals surface area contributed by atoms with Crippen molar-refractivity contribution in [1.29, 1.82) is 0 Å². The Balaban J connectivity index is 1.54. The second-order valence-corrected chi connectivity index (χ2v) is 6.62. The van der Waals surface area contributed by atoms with E-state index in [0.29, 0.717) is 31.1 Å². The monoisotopic (exact) mass is 361 g/mol. The molecular formula is C16H19N5O3S. The number of ether oxygens (including phenoxy) is 1. The van der Waals surface area contributed by atoms with Crippen LogP contribution >= 0.6 is 11.8 Å². The van der Waals surface area contributed by atoms with Gasteiger partial charge in [0, 0.05) is 13.1 Å². The largest absolute Gasteiger partial charge is 0.469 e. The zero-order valence-corrected chi connectivity index (χ0v) is 14.7. The van der Waals surface area contributed by atoms with E-state index in [1.807, 2.05) is 30.3 Å². The number of amides is 1. The molecule has 1 aliphatic heterocycles. The summed E-state index contributed by atoms with van der Waals surface area (Å²) in [6.07, 6.45) is 1.29. The van der Waals surface area contributed by atoms with Crippen molar-refractivity contribution in [3.8, 4) is 5.69 Å². The van der Waals surface area contributed by atoms with E-state index in [0.717, 1.165) is 5.69 Å². The minimum Gasteiger partial charge on any atom is -0.469 e. The van der Waals surface area contributed by atoms with Gasteiger partial charge in [-0.3, -0.25) is 9.59 Å². The van der Waals surface area contributed by atoms with E-state index in [1.54, 1.807) is 9.58 Å². The van der Waals surface area contributed by atoms with E-state index in [-0.39, 0.29) is 23.5 Å². The fourth-order valence-electron chi connectivity index (χ4n) is 2.75. The lowest BCUT2D eigenvalue weighted by molar-refractivity contribution is -0.148. The van der Waals surface area contributed by atoms with Gasteiger partial charge in [0.2, 0.25) is 11.1 Å². The summed E-state index contributed by atoms with van der Waals surface area (Å²) in [7, 11) is 1.40. The van der Waals surface area contributed by atoms with Crippen molar-refractivity contribution in [2.75, 3.05) is 26.0 Å². The number of carbonyl (C=O) groups excluding carboxylic acids is 2. The molecule has 8 nitrogen and oxygen atoms in total. The molecular weight excluding hydrogens is 342 g/mol. The van der Waals surface area contributed by atoms with E-state index in [9.17, 15) is 9.59 Å². The molecule has 2 aromatic rings. The van der Waals surface area contributed by atoms with Gasteiger partial charge in [-0.25, -0.2) is 0 Å². The molecule has 1 aromatic carbocycles. The quantitative estimate of drug-likeness (QED) is 0.583. The van der Waals surface area contributed by atoms with Gasteiger partial charge in [0.25, 0.3) is 0 Å². The molecule has 1 aliphatic rings. The number of benzene rings is 1. The zero-order valence-electron chi connectivity index (χ0n) is 13.9. The number of rotatable bonds is 5. The predicted octanol–water partition coefficient (Wildman–Crippen LogP) is 1.17. The third kappa shape index (κ3) is 4.16. The Kier molecular flexibility index (Phi) is 5.64. The molecule has 0 atom stereocenters. The Morgan fingerprint density at radius 2 is 1.96 bits per heavy atom. The molecule has 2 heterocycles. The number of likely N-dealkylation sites (tertiary alicyclic amines) is 1. The highest BCUT2D eigenvalue weighted by Crippen LogP contribution is 2.22. The van der Waals surface area contributed by atoms with Crippen molar-refractivity contribution < 1.29 is 14.3 Å². The highest BCUT2D eigenvalue weighted by Gasteiger charge is 2.28. The molecule has 0 N–H and O–H groups in total. The maximum atomic E-state index is 12.4. The molecule has 132 valence electrons. The van der Waals surface area contributed by atoms with Crippen LogP contribution in [0.5, 0.6) is 0 Å². The van der Waals surface area contributed by atoms with Crippen molar-refractivity contribution in [1.82, 2.24) is 25.1 Å². The van der Waals surface area contributed by atoms with Gasteiger partial charge in [0.15, 0.2) is 0 Å². The number of nitrogens with zero attached hydrogens (tertiary/aromatic N) is 5. The van der Waals surface area contributed by atoms with Gasteiger partial charge in [-0.2, -0.15) is 4.68 Å². The number of hydrogen-bond donors (Lipinski definition) is 0. The summed E-state index contributed by atoms with van der Waals surface area (Å²) in [5.74, 6) is -0.0117. The molecule has 0 spiro atoms. The Labute approximate surface area is 149 Å². The highest BCUT2D eigenvalue weighted by molar-refractivity contribution is 7.99. The van der Waals surface area contributed by atoms with Gasteiger partial charge in [-0.05, 0) is 35.4 Å². The van der Waals surface area contributed by atoms with Crippen LogP contribution in [-0.2, 0) is 14.3 Å². The van der Waals surface area contributed by atoms with Crippen LogP contribution in [0.25, 0.3) is 5.69 Å². The fraction of sp³-hybridized carbons (Fsp3) is 0.438. The van der Waals surface area contributed by atoms with E-state index in [4.69, 9.17) is 4.74 Å². The Hall–Kier alpha value is -2.42. The number of hydrogen-bond acceptors (Lipinski definition) is 7. The molecule has 0 aliphatic carbocycles. The van der Waals surface area contributed by atoms with Crippen LogP contribution in [0.1, 0.15) is 12.8 Å².